The van der Waals surface area contributed by atoms with Gasteiger partial charge in [0.1, 0.15) is 0 Å². The molecule has 7 heteroatoms. The van der Waals surface area contributed by atoms with Crippen LogP contribution in [0.5, 0.6) is 12.0 Å². The summed E-state index contributed by atoms with van der Waals surface area (Å²) in [5.74, 6) is 0.608. The van der Waals surface area contributed by atoms with Crippen molar-refractivity contribution in [3.05, 3.63) is 0 Å². The van der Waals surface area contributed by atoms with Gasteiger partial charge in [-0.25, -0.2) is 0 Å². The third-order valence-corrected chi connectivity index (χ3v) is 3.73. The van der Waals surface area contributed by atoms with Crippen LogP contribution < -0.4 is 20.1 Å². The predicted octanol–water partition coefficient (Wildman–Crippen LogP) is 0.985. The molecule has 112 valence electrons. The number of nitrogens with two attached hydrogens (primary N) is 1. The van der Waals surface area contributed by atoms with Crippen molar-refractivity contribution in [1.82, 2.24) is 15.0 Å². The summed E-state index contributed by atoms with van der Waals surface area (Å²) in [5.41, 5.74) is 5.97. The molecule has 0 saturated heterocycles. The van der Waals surface area contributed by atoms with Crippen molar-refractivity contribution in [2.24, 2.45) is 5.73 Å². The molecule has 1 aliphatic rings. The first-order valence-corrected chi connectivity index (χ1v) is 7.04. The summed E-state index contributed by atoms with van der Waals surface area (Å²) in [4.78, 5) is 14.9. The molecule has 1 saturated carbocycles. The smallest absolute Gasteiger partial charge is 0.324 e. The Bertz CT molecular complexity index is 413. The molecule has 0 aromatic carbocycles. The Labute approximate surface area is 119 Å². The molecule has 2 N–H and O–H groups in total. The van der Waals surface area contributed by atoms with E-state index in [0.29, 0.717) is 18.0 Å². The van der Waals surface area contributed by atoms with E-state index in [2.05, 4.69) is 26.8 Å². The highest BCUT2D eigenvalue weighted by atomic mass is 16.5. The highest BCUT2D eigenvalue weighted by molar-refractivity contribution is 5.34. The average molecular weight is 281 g/mol. The largest absolute Gasteiger partial charge is 0.467 e. The molecule has 0 bridgehead atoms. The van der Waals surface area contributed by atoms with Crippen LogP contribution in [0.25, 0.3) is 0 Å². The molecule has 1 heterocycles. The first-order valence-electron chi connectivity index (χ1n) is 7.04. The predicted molar refractivity (Wildman–Crippen MR) is 76.2 cm³/mol. The average Bonchev–Trinajstić information content (AvgIpc) is 2.49. The van der Waals surface area contributed by atoms with Gasteiger partial charge in [-0.15, -0.1) is 4.98 Å². The Morgan fingerprint density at radius 1 is 1.05 bits per heavy atom. The summed E-state index contributed by atoms with van der Waals surface area (Å²) in [5, 5.41) is 0. The van der Waals surface area contributed by atoms with Crippen molar-refractivity contribution in [3.8, 4) is 12.0 Å². The number of ether oxygens (including phenoxy) is 2. The van der Waals surface area contributed by atoms with Gasteiger partial charge < -0.3 is 20.1 Å². The van der Waals surface area contributed by atoms with Crippen LogP contribution in [-0.2, 0) is 0 Å². The molecule has 0 aliphatic heterocycles. The Balaban J connectivity index is 2.22. The lowest BCUT2D eigenvalue weighted by molar-refractivity contribution is 0.335. The normalized spacial score (nSPS) is 22.4. The third-order valence-electron chi connectivity index (χ3n) is 3.73. The zero-order chi connectivity index (χ0) is 14.5. The Hall–Kier alpha value is -1.63. The van der Waals surface area contributed by atoms with E-state index < -0.39 is 0 Å². The van der Waals surface area contributed by atoms with Gasteiger partial charge in [0.15, 0.2) is 0 Å². The van der Waals surface area contributed by atoms with Gasteiger partial charge in [-0.05, 0) is 32.6 Å². The van der Waals surface area contributed by atoms with Gasteiger partial charge in [0.25, 0.3) is 0 Å². The van der Waals surface area contributed by atoms with Gasteiger partial charge in [-0.2, -0.15) is 9.97 Å². The topological polar surface area (TPSA) is 86.4 Å². The molecule has 0 atom stereocenters. The van der Waals surface area contributed by atoms with Crippen LogP contribution in [0.1, 0.15) is 32.6 Å². The summed E-state index contributed by atoms with van der Waals surface area (Å²) >= 11 is 0. The molecule has 2 rings (SSSR count). The molecule has 1 aromatic rings. The summed E-state index contributed by atoms with van der Waals surface area (Å²) in [6.45, 7) is 2.92. The third kappa shape index (κ3) is 3.27. The second kappa shape index (κ2) is 6.69. The molecule has 0 radical (unpaired) electrons. The van der Waals surface area contributed by atoms with Crippen LogP contribution in [0.15, 0.2) is 0 Å². The molecule has 1 aliphatic carbocycles. The van der Waals surface area contributed by atoms with E-state index in [1.807, 2.05) is 0 Å². The van der Waals surface area contributed by atoms with Crippen molar-refractivity contribution < 1.29 is 9.47 Å². The Kier molecular flexibility index (Phi) is 4.94. The number of aromatic nitrogens is 3. The van der Waals surface area contributed by atoms with E-state index in [1.54, 1.807) is 0 Å². The van der Waals surface area contributed by atoms with Crippen LogP contribution in [0.3, 0.4) is 0 Å². The molecule has 1 aromatic heterocycles. The monoisotopic (exact) mass is 281 g/mol. The van der Waals surface area contributed by atoms with Crippen molar-refractivity contribution in [1.29, 1.82) is 0 Å². The van der Waals surface area contributed by atoms with Gasteiger partial charge >= 0.3 is 12.0 Å². The highest BCUT2D eigenvalue weighted by Crippen LogP contribution is 2.26. The standard InChI is InChI=1S/C13H23N5O2/c1-4-18(10-7-5-9(14)6-8-10)11-15-12(19-2)17-13(16-11)20-3/h9-10H,4-8,14H2,1-3H3. The van der Waals surface area contributed by atoms with E-state index in [1.165, 1.54) is 14.2 Å². The number of rotatable bonds is 5. The lowest BCUT2D eigenvalue weighted by Gasteiger charge is -2.35. The first kappa shape index (κ1) is 14.8. The van der Waals surface area contributed by atoms with Crippen LogP contribution in [0, 0.1) is 0 Å². The van der Waals surface area contributed by atoms with E-state index in [0.717, 1.165) is 32.2 Å². The van der Waals surface area contributed by atoms with Crippen molar-refractivity contribution in [3.63, 3.8) is 0 Å². The number of nitrogens with zero attached hydrogens (tertiary/aromatic N) is 4. The fraction of sp³-hybridized carbons (Fsp3) is 0.769. The molecule has 0 unspecified atom stereocenters. The zero-order valence-corrected chi connectivity index (χ0v) is 12.4. The van der Waals surface area contributed by atoms with Gasteiger partial charge in [0, 0.05) is 18.6 Å². The van der Waals surface area contributed by atoms with Crippen molar-refractivity contribution in [2.45, 2.75) is 44.7 Å². The Morgan fingerprint density at radius 3 is 2.05 bits per heavy atom. The zero-order valence-electron chi connectivity index (χ0n) is 12.4. The van der Waals surface area contributed by atoms with Crippen molar-refractivity contribution in [2.75, 3.05) is 25.7 Å². The minimum absolute atomic E-state index is 0.276. The van der Waals surface area contributed by atoms with Crippen LogP contribution in [-0.4, -0.2) is 47.8 Å². The van der Waals surface area contributed by atoms with Crippen molar-refractivity contribution >= 4 is 5.95 Å². The van der Waals surface area contributed by atoms with Gasteiger partial charge in [-0.1, -0.05) is 0 Å². The summed E-state index contributed by atoms with van der Waals surface area (Å²) in [6, 6.07) is 1.29. The molecular weight excluding hydrogens is 258 g/mol. The first-order chi connectivity index (χ1) is 9.67. The molecule has 7 nitrogen and oxygen atoms in total. The SMILES string of the molecule is CCN(c1nc(OC)nc(OC)n1)C1CCC(N)CC1. The molecule has 0 spiro atoms. The molecular formula is C13H23N5O2. The number of hydrogen-bond donors (Lipinski definition) is 1. The molecule has 20 heavy (non-hydrogen) atoms. The van der Waals surface area contributed by atoms with E-state index in [4.69, 9.17) is 15.2 Å². The fourth-order valence-electron chi connectivity index (χ4n) is 2.62. The molecule has 0 amide bonds. The lowest BCUT2D eigenvalue weighted by atomic mass is 9.91. The number of anilines is 1. The van der Waals surface area contributed by atoms with Crippen LogP contribution in [0.4, 0.5) is 5.95 Å². The minimum Gasteiger partial charge on any atom is -0.467 e. The van der Waals surface area contributed by atoms with Gasteiger partial charge in [0.2, 0.25) is 5.95 Å². The fourth-order valence-corrected chi connectivity index (χ4v) is 2.62. The Morgan fingerprint density at radius 2 is 1.60 bits per heavy atom. The van der Waals surface area contributed by atoms with E-state index in [9.17, 15) is 0 Å². The summed E-state index contributed by atoms with van der Waals surface area (Å²) in [7, 11) is 3.07. The van der Waals surface area contributed by atoms with Crippen LogP contribution in [0.2, 0.25) is 0 Å². The number of hydrogen-bond acceptors (Lipinski definition) is 7. The lowest BCUT2D eigenvalue weighted by Crippen LogP contribution is -2.41. The second-order valence-electron chi connectivity index (χ2n) is 4.96. The molecule has 1 fully saturated rings. The summed E-state index contributed by atoms with van der Waals surface area (Å²) in [6.07, 6.45) is 4.21. The maximum atomic E-state index is 5.97. The van der Waals surface area contributed by atoms with Gasteiger partial charge in [0.05, 0.1) is 14.2 Å². The quantitative estimate of drug-likeness (QED) is 0.861. The van der Waals surface area contributed by atoms with Crippen LogP contribution >= 0.6 is 0 Å². The maximum Gasteiger partial charge on any atom is 0.324 e. The second-order valence-corrected chi connectivity index (χ2v) is 4.96. The summed E-state index contributed by atoms with van der Waals surface area (Å²) < 4.78 is 10.2. The number of methoxy groups -OCH3 is 2. The highest BCUT2D eigenvalue weighted by Gasteiger charge is 2.26. The van der Waals surface area contributed by atoms with Gasteiger partial charge in [-0.3, -0.25) is 0 Å². The van der Waals surface area contributed by atoms with E-state index in [-0.39, 0.29) is 12.0 Å². The van der Waals surface area contributed by atoms with E-state index >= 15 is 0 Å². The maximum absolute atomic E-state index is 5.97. The minimum atomic E-state index is 0.276.